The molecular weight excluding hydrogens is 252 g/mol. The highest BCUT2D eigenvalue weighted by Crippen LogP contribution is 2.08. The summed E-state index contributed by atoms with van der Waals surface area (Å²) in [4.78, 5) is 18.2. The number of aromatic nitrogens is 1. The van der Waals surface area contributed by atoms with E-state index in [0.717, 1.165) is 37.4 Å². The molecule has 0 aliphatic heterocycles. The predicted molar refractivity (Wildman–Crippen MR) is 82.7 cm³/mol. The molecule has 1 rings (SSSR count). The Morgan fingerprint density at radius 3 is 2.75 bits per heavy atom. The summed E-state index contributed by atoms with van der Waals surface area (Å²) < 4.78 is 0. The maximum absolute atomic E-state index is 11.5. The number of pyridine rings is 1. The van der Waals surface area contributed by atoms with Crippen LogP contribution in [0.1, 0.15) is 32.4 Å². The highest BCUT2D eigenvalue weighted by Gasteiger charge is 2.10. The molecule has 1 aromatic rings. The van der Waals surface area contributed by atoms with Gasteiger partial charge in [0.2, 0.25) is 5.91 Å². The van der Waals surface area contributed by atoms with Crippen molar-refractivity contribution in [1.82, 2.24) is 15.2 Å². The van der Waals surface area contributed by atoms with Crippen molar-refractivity contribution in [3.63, 3.8) is 0 Å². The molecule has 112 valence electrons. The number of anilines is 1. The van der Waals surface area contributed by atoms with Crippen molar-refractivity contribution < 1.29 is 4.79 Å². The second-order valence-corrected chi connectivity index (χ2v) is 4.82. The molecule has 0 unspecified atom stereocenters. The van der Waals surface area contributed by atoms with Gasteiger partial charge in [-0.2, -0.15) is 0 Å². The zero-order valence-electron chi connectivity index (χ0n) is 12.8. The molecular formula is C15H26N4O. The van der Waals surface area contributed by atoms with Crippen LogP contribution < -0.4 is 10.6 Å². The molecule has 5 nitrogen and oxygen atoms in total. The van der Waals surface area contributed by atoms with Crippen molar-refractivity contribution in [2.75, 3.05) is 32.0 Å². The van der Waals surface area contributed by atoms with Gasteiger partial charge in [-0.25, -0.2) is 4.98 Å². The highest BCUT2D eigenvalue weighted by atomic mass is 16.1. The van der Waals surface area contributed by atoms with Gasteiger partial charge in [0.05, 0.1) is 12.2 Å². The Hall–Kier alpha value is -1.62. The summed E-state index contributed by atoms with van der Waals surface area (Å²) in [6.07, 6.45) is 2.09. The van der Waals surface area contributed by atoms with Crippen LogP contribution in [-0.4, -0.2) is 42.5 Å². The van der Waals surface area contributed by atoms with E-state index in [9.17, 15) is 4.79 Å². The number of rotatable bonds is 9. The van der Waals surface area contributed by atoms with Crippen LogP contribution in [0.2, 0.25) is 0 Å². The fraction of sp³-hybridized carbons (Fsp3) is 0.600. The molecule has 0 radical (unpaired) electrons. The third-order valence-corrected chi connectivity index (χ3v) is 2.93. The quantitative estimate of drug-likeness (QED) is 0.724. The van der Waals surface area contributed by atoms with Crippen molar-refractivity contribution in [2.45, 2.75) is 33.2 Å². The maximum atomic E-state index is 11.5. The average Bonchev–Trinajstić information content (AvgIpc) is 2.45. The lowest BCUT2D eigenvalue weighted by atomic mass is 10.3. The van der Waals surface area contributed by atoms with Crippen LogP contribution in [0.4, 0.5) is 5.82 Å². The van der Waals surface area contributed by atoms with E-state index in [1.807, 2.05) is 18.2 Å². The molecule has 0 atom stereocenters. The molecule has 0 saturated heterocycles. The Bertz CT molecular complexity index is 409. The molecule has 0 aromatic carbocycles. The summed E-state index contributed by atoms with van der Waals surface area (Å²) in [6, 6.07) is 5.98. The summed E-state index contributed by atoms with van der Waals surface area (Å²) in [5.41, 5.74) is 0.989. The van der Waals surface area contributed by atoms with Gasteiger partial charge in [-0.1, -0.05) is 19.9 Å². The lowest BCUT2D eigenvalue weighted by Gasteiger charge is -2.20. The largest absolute Gasteiger partial charge is 0.370 e. The van der Waals surface area contributed by atoms with Gasteiger partial charge in [-0.15, -0.1) is 0 Å². The number of likely N-dealkylation sites (N-methyl/N-ethyl adjacent to an activating group) is 1. The number of amides is 1. The number of nitrogens with one attached hydrogen (secondary N) is 2. The van der Waals surface area contributed by atoms with Gasteiger partial charge in [-0.05, 0) is 31.5 Å². The summed E-state index contributed by atoms with van der Waals surface area (Å²) in [6.45, 7) is 7.17. The first-order valence-electron chi connectivity index (χ1n) is 7.32. The first kappa shape index (κ1) is 16.4. The monoisotopic (exact) mass is 278 g/mol. The molecule has 0 fully saturated rings. The van der Waals surface area contributed by atoms with E-state index in [2.05, 4.69) is 34.4 Å². The Morgan fingerprint density at radius 1 is 1.30 bits per heavy atom. The van der Waals surface area contributed by atoms with Gasteiger partial charge in [0, 0.05) is 20.1 Å². The van der Waals surface area contributed by atoms with Crippen molar-refractivity contribution in [1.29, 1.82) is 0 Å². The lowest BCUT2D eigenvalue weighted by Crippen LogP contribution is -2.35. The molecule has 0 saturated carbocycles. The SMILES string of the molecule is CCCNc1cccc(CN(CCC)CC(=O)NC)n1. The minimum Gasteiger partial charge on any atom is -0.370 e. The van der Waals surface area contributed by atoms with Gasteiger partial charge < -0.3 is 10.6 Å². The van der Waals surface area contributed by atoms with Gasteiger partial charge in [0.25, 0.3) is 0 Å². The number of hydrogen-bond acceptors (Lipinski definition) is 4. The summed E-state index contributed by atoms with van der Waals surface area (Å²) in [7, 11) is 1.67. The summed E-state index contributed by atoms with van der Waals surface area (Å²) in [5.74, 6) is 0.944. The molecule has 0 aliphatic carbocycles. The molecule has 0 spiro atoms. The van der Waals surface area contributed by atoms with Gasteiger partial charge in [0.1, 0.15) is 5.82 Å². The number of nitrogens with zero attached hydrogens (tertiary/aromatic N) is 2. The first-order valence-corrected chi connectivity index (χ1v) is 7.32. The molecule has 2 N–H and O–H groups in total. The minimum atomic E-state index is 0.0405. The van der Waals surface area contributed by atoms with Crippen LogP contribution in [0.5, 0.6) is 0 Å². The van der Waals surface area contributed by atoms with Crippen LogP contribution in [-0.2, 0) is 11.3 Å². The Morgan fingerprint density at radius 2 is 2.10 bits per heavy atom. The minimum absolute atomic E-state index is 0.0405. The van der Waals surface area contributed by atoms with E-state index in [1.54, 1.807) is 7.05 Å². The van der Waals surface area contributed by atoms with E-state index in [0.29, 0.717) is 13.1 Å². The zero-order chi connectivity index (χ0) is 14.8. The second kappa shape index (κ2) is 9.31. The third kappa shape index (κ3) is 6.02. The number of carbonyl (C=O) groups is 1. The standard InChI is InChI=1S/C15H26N4O/c1-4-9-17-14-8-6-7-13(18-14)11-19(10-5-2)12-15(20)16-3/h6-8H,4-5,9-12H2,1-3H3,(H,16,20)(H,17,18). The normalized spacial score (nSPS) is 10.6. The maximum Gasteiger partial charge on any atom is 0.233 e. The Balaban J connectivity index is 2.64. The zero-order valence-corrected chi connectivity index (χ0v) is 12.8. The van der Waals surface area contributed by atoms with E-state index in [-0.39, 0.29) is 5.91 Å². The topological polar surface area (TPSA) is 57.3 Å². The van der Waals surface area contributed by atoms with Crippen molar-refractivity contribution in [3.8, 4) is 0 Å². The van der Waals surface area contributed by atoms with Crippen LogP contribution >= 0.6 is 0 Å². The highest BCUT2D eigenvalue weighted by molar-refractivity contribution is 5.77. The molecule has 1 aromatic heterocycles. The second-order valence-electron chi connectivity index (χ2n) is 4.82. The molecule has 1 heterocycles. The summed E-state index contributed by atoms with van der Waals surface area (Å²) in [5, 5.41) is 5.95. The van der Waals surface area contributed by atoms with Crippen LogP contribution in [0.15, 0.2) is 18.2 Å². The molecule has 0 aliphatic rings. The van der Waals surface area contributed by atoms with Crippen molar-refractivity contribution in [2.24, 2.45) is 0 Å². The van der Waals surface area contributed by atoms with Crippen LogP contribution in [0, 0.1) is 0 Å². The molecule has 5 heteroatoms. The molecule has 0 bridgehead atoms. The van der Waals surface area contributed by atoms with E-state index < -0.39 is 0 Å². The van der Waals surface area contributed by atoms with Crippen molar-refractivity contribution in [3.05, 3.63) is 23.9 Å². The van der Waals surface area contributed by atoms with Gasteiger partial charge in [-0.3, -0.25) is 9.69 Å². The first-order chi connectivity index (χ1) is 9.69. The predicted octanol–water partition coefficient (Wildman–Crippen LogP) is 1.86. The fourth-order valence-corrected chi connectivity index (χ4v) is 1.96. The van der Waals surface area contributed by atoms with E-state index in [1.165, 1.54) is 0 Å². The van der Waals surface area contributed by atoms with Crippen LogP contribution in [0.3, 0.4) is 0 Å². The van der Waals surface area contributed by atoms with E-state index in [4.69, 9.17) is 0 Å². The lowest BCUT2D eigenvalue weighted by molar-refractivity contribution is -0.121. The number of carbonyl (C=O) groups excluding carboxylic acids is 1. The smallest absolute Gasteiger partial charge is 0.233 e. The Kier molecular flexibility index (Phi) is 7.65. The Labute approximate surface area is 121 Å². The average molecular weight is 278 g/mol. The molecule has 1 amide bonds. The third-order valence-electron chi connectivity index (χ3n) is 2.93. The summed E-state index contributed by atoms with van der Waals surface area (Å²) >= 11 is 0. The van der Waals surface area contributed by atoms with Gasteiger partial charge in [0.15, 0.2) is 0 Å². The van der Waals surface area contributed by atoms with Gasteiger partial charge >= 0.3 is 0 Å². The van der Waals surface area contributed by atoms with Crippen molar-refractivity contribution >= 4 is 11.7 Å². The number of hydrogen-bond donors (Lipinski definition) is 2. The molecule has 20 heavy (non-hydrogen) atoms. The van der Waals surface area contributed by atoms with E-state index >= 15 is 0 Å². The fourth-order valence-electron chi connectivity index (χ4n) is 1.96. The van der Waals surface area contributed by atoms with Crippen LogP contribution in [0.25, 0.3) is 0 Å².